The van der Waals surface area contributed by atoms with Crippen LogP contribution in [0, 0.1) is 12.8 Å². The highest BCUT2D eigenvalue weighted by Gasteiger charge is 2.23. The van der Waals surface area contributed by atoms with Gasteiger partial charge in [0.15, 0.2) is 0 Å². The molecule has 0 N–H and O–H groups in total. The second-order valence-electron chi connectivity index (χ2n) is 6.20. The molecule has 0 aliphatic carbocycles. The fraction of sp³-hybridized carbons (Fsp3) is 0.588. The van der Waals surface area contributed by atoms with Gasteiger partial charge in [-0.25, -0.2) is 0 Å². The van der Waals surface area contributed by atoms with E-state index in [4.69, 9.17) is 16.3 Å². The molecular weight excluding hydrogens is 300 g/mol. The topological polar surface area (TPSA) is 32.8 Å². The van der Waals surface area contributed by atoms with Crippen LogP contribution in [-0.4, -0.2) is 56.0 Å². The molecule has 0 saturated carbocycles. The van der Waals surface area contributed by atoms with Crippen molar-refractivity contribution in [3.05, 3.63) is 28.8 Å². The Morgan fingerprint density at radius 3 is 2.91 bits per heavy atom. The van der Waals surface area contributed by atoms with Gasteiger partial charge in [-0.15, -0.1) is 0 Å². The Morgan fingerprint density at radius 2 is 2.23 bits per heavy atom. The minimum Gasteiger partial charge on any atom is -0.492 e. The summed E-state index contributed by atoms with van der Waals surface area (Å²) in [7, 11) is 4.00. The van der Waals surface area contributed by atoms with E-state index in [0.717, 1.165) is 42.4 Å². The fourth-order valence-corrected chi connectivity index (χ4v) is 3.09. The molecule has 1 fully saturated rings. The predicted molar refractivity (Wildman–Crippen MR) is 89.5 cm³/mol. The van der Waals surface area contributed by atoms with Crippen molar-refractivity contribution in [3.8, 4) is 5.75 Å². The number of piperidine rings is 1. The number of benzene rings is 1. The highest BCUT2D eigenvalue weighted by Crippen LogP contribution is 2.22. The molecule has 0 bridgehead atoms. The first-order valence-corrected chi connectivity index (χ1v) is 8.15. The molecule has 1 amide bonds. The number of carbonyl (C=O) groups is 1. The van der Waals surface area contributed by atoms with Crippen molar-refractivity contribution in [3.63, 3.8) is 0 Å². The number of nitrogens with zero attached hydrogens (tertiary/aromatic N) is 2. The Bertz CT molecular complexity index is 521. The van der Waals surface area contributed by atoms with Gasteiger partial charge in [-0.2, -0.15) is 0 Å². The van der Waals surface area contributed by atoms with Crippen LogP contribution in [0.5, 0.6) is 5.75 Å². The monoisotopic (exact) mass is 324 g/mol. The number of hydrogen-bond acceptors (Lipinski definition) is 3. The summed E-state index contributed by atoms with van der Waals surface area (Å²) in [5, 5.41) is 0.734. The lowest BCUT2D eigenvalue weighted by atomic mass is 9.97. The van der Waals surface area contributed by atoms with Crippen molar-refractivity contribution in [2.75, 3.05) is 40.3 Å². The second-order valence-corrected chi connectivity index (χ2v) is 6.64. The molecule has 1 unspecified atom stereocenters. The predicted octanol–water partition coefficient (Wildman–Crippen LogP) is 2.83. The highest BCUT2D eigenvalue weighted by atomic mass is 35.5. The molecule has 1 atom stereocenters. The Kier molecular flexibility index (Phi) is 6.09. The summed E-state index contributed by atoms with van der Waals surface area (Å²) in [6, 6.07) is 5.68. The number of likely N-dealkylation sites (N-methyl/N-ethyl adjacent to an activating group) is 1. The molecule has 122 valence electrons. The summed E-state index contributed by atoms with van der Waals surface area (Å²) >= 11 is 5.94. The molecule has 1 heterocycles. The van der Waals surface area contributed by atoms with Crippen LogP contribution in [0.2, 0.25) is 5.02 Å². The maximum absolute atomic E-state index is 11.5. The fourth-order valence-electron chi connectivity index (χ4n) is 2.87. The number of likely N-dealkylation sites (tertiary alicyclic amines) is 1. The van der Waals surface area contributed by atoms with E-state index >= 15 is 0 Å². The Morgan fingerprint density at radius 1 is 1.45 bits per heavy atom. The van der Waals surface area contributed by atoms with Gasteiger partial charge < -0.3 is 14.5 Å². The Labute approximate surface area is 138 Å². The zero-order valence-electron chi connectivity index (χ0n) is 13.6. The van der Waals surface area contributed by atoms with Crippen LogP contribution in [-0.2, 0) is 4.79 Å². The average molecular weight is 325 g/mol. The third kappa shape index (κ3) is 4.89. The van der Waals surface area contributed by atoms with Crippen LogP contribution in [0.15, 0.2) is 18.2 Å². The van der Waals surface area contributed by atoms with Crippen molar-refractivity contribution in [1.29, 1.82) is 0 Å². The van der Waals surface area contributed by atoms with Crippen molar-refractivity contribution in [1.82, 2.24) is 9.80 Å². The third-order valence-electron chi connectivity index (χ3n) is 4.16. The number of halogens is 1. The summed E-state index contributed by atoms with van der Waals surface area (Å²) < 4.78 is 5.82. The van der Waals surface area contributed by atoms with E-state index in [1.807, 2.05) is 37.1 Å². The van der Waals surface area contributed by atoms with Gasteiger partial charge in [0.05, 0.1) is 0 Å². The SMILES string of the molecule is Cc1cc(Cl)ccc1OCCN(C)CC1CCC(=O)N(C)C1. The van der Waals surface area contributed by atoms with E-state index in [-0.39, 0.29) is 5.91 Å². The quantitative estimate of drug-likeness (QED) is 0.806. The molecule has 4 nitrogen and oxygen atoms in total. The van der Waals surface area contributed by atoms with Gasteiger partial charge in [-0.3, -0.25) is 4.79 Å². The smallest absolute Gasteiger partial charge is 0.222 e. The van der Waals surface area contributed by atoms with Gasteiger partial charge in [0.25, 0.3) is 0 Å². The number of amides is 1. The first-order valence-electron chi connectivity index (χ1n) is 7.77. The van der Waals surface area contributed by atoms with E-state index in [0.29, 0.717) is 18.9 Å². The molecule has 1 aromatic carbocycles. The summed E-state index contributed by atoms with van der Waals surface area (Å²) in [6.45, 7) is 5.39. The molecule has 1 saturated heterocycles. The first-order chi connectivity index (χ1) is 10.5. The van der Waals surface area contributed by atoms with Crippen LogP contribution >= 0.6 is 11.6 Å². The number of rotatable bonds is 6. The van der Waals surface area contributed by atoms with Crippen LogP contribution < -0.4 is 4.74 Å². The van der Waals surface area contributed by atoms with Gasteiger partial charge in [-0.1, -0.05) is 11.6 Å². The number of hydrogen-bond donors (Lipinski definition) is 0. The molecule has 22 heavy (non-hydrogen) atoms. The normalized spacial score (nSPS) is 18.9. The molecule has 1 aliphatic rings. The van der Waals surface area contributed by atoms with Gasteiger partial charge in [0, 0.05) is 38.1 Å². The van der Waals surface area contributed by atoms with E-state index in [2.05, 4.69) is 11.9 Å². The van der Waals surface area contributed by atoms with Gasteiger partial charge in [0.1, 0.15) is 12.4 Å². The maximum atomic E-state index is 11.5. The van der Waals surface area contributed by atoms with Crippen molar-refractivity contribution >= 4 is 17.5 Å². The molecule has 1 aromatic rings. The second kappa shape index (κ2) is 7.84. The van der Waals surface area contributed by atoms with Gasteiger partial charge in [-0.05, 0) is 50.1 Å². The largest absolute Gasteiger partial charge is 0.492 e. The van der Waals surface area contributed by atoms with Crippen LogP contribution in [0.3, 0.4) is 0 Å². The average Bonchev–Trinajstić information content (AvgIpc) is 2.45. The van der Waals surface area contributed by atoms with Crippen LogP contribution in [0.25, 0.3) is 0 Å². The third-order valence-corrected chi connectivity index (χ3v) is 4.40. The zero-order chi connectivity index (χ0) is 16.1. The minimum atomic E-state index is 0.264. The van der Waals surface area contributed by atoms with E-state index in [9.17, 15) is 4.79 Å². The highest BCUT2D eigenvalue weighted by molar-refractivity contribution is 6.30. The number of aryl methyl sites for hydroxylation is 1. The minimum absolute atomic E-state index is 0.264. The summed E-state index contributed by atoms with van der Waals surface area (Å²) in [5.74, 6) is 1.71. The summed E-state index contributed by atoms with van der Waals surface area (Å²) in [5.41, 5.74) is 1.06. The molecule has 0 radical (unpaired) electrons. The maximum Gasteiger partial charge on any atom is 0.222 e. The van der Waals surface area contributed by atoms with Gasteiger partial charge >= 0.3 is 0 Å². The molecule has 0 aromatic heterocycles. The van der Waals surface area contributed by atoms with E-state index in [1.165, 1.54) is 0 Å². The lowest BCUT2D eigenvalue weighted by Crippen LogP contribution is -2.41. The van der Waals surface area contributed by atoms with Gasteiger partial charge in [0.2, 0.25) is 5.91 Å². The van der Waals surface area contributed by atoms with E-state index in [1.54, 1.807) is 0 Å². The summed E-state index contributed by atoms with van der Waals surface area (Å²) in [4.78, 5) is 15.6. The van der Waals surface area contributed by atoms with Crippen molar-refractivity contribution in [2.24, 2.45) is 5.92 Å². The zero-order valence-corrected chi connectivity index (χ0v) is 14.4. The standard InChI is InChI=1S/C17H25ClN2O2/c1-13-10-15(18)5-6-16(13)22-9-8-19(2)11-14-4-7-17(21)20(3)12-14/h5-6,10,14H,4,7-9,11-12H2,1-3H3. The number of ether oxygens (including phenoxy) is 1. The lowest BCUT2D eigenvalue weighted by Gasteiger charge is -2.32. The Balaban J connectivity index is 1.71. The van der Waals surface area contributed by atoms with Crippen LogP contribution in [0.1, 0.15) is 18.4 Å². The van der Waals surface area contributed by atoms with E-state index < -0.39 is 0 Å². The van der Waals surface area contributed by atoms with Crippen LogP contribution in [0.4, 0.5) is 0 Å². The molecule has 5 heteroatoms. The molecular formula is C17H25ClN2O2. The van der Waals surface area contributed by atoms with Crippen molar-refractivity contribution < 1.29 is 9.53 Å². The molecule has 0 spiro atoms. The Hall–Kier alpha value is -1.26. The lowest BCUT2D eigenvalue weighted by molar-refractivity contribution is -0.133. The molecule has 1 aliphatic heterocycles. The summed E-state index contributed by atoms with van der Waals surface area (Å²) in [6.07, 6.45) is 1.67. The first kappa shape index (κ1) is 17.1. The van der Waals surface area contributed by atoms with Crippen molar-refractivity contribution in [2.45, 2.75) is 19.8 Å². The molecule has 2 rings (SSSR count). The number of carbonyl (C=O) groups excluding carboxylic acids is 1.